The Labute approximate surface area is 116 Å². The lowest BCUT2D eigenvalue weighted by Crippen LogP contribution is -2.31. The molecule has 0 atom stereocenters. The fourth-order valence-corrected chi connectivity index (χ4v) is 1.54. The van der Waals surface area contributed by atoms with Crippen LogP contribution in [0, 0.1) is 12.3 Å². The highest BCUT2D eigenvalue weighted by Gasteiger charge is 2.15. The Balaban J connectivity index is 2.63. The van der Waals surface area contributed by atoms with Crippen LogP contribution in [0.3, 0.4) is 0 Å². The highest BCUT2D eigenvalue weighted by atomic mass is 15.1. The average Bonchev–Trinajstić information content (AvgIpc) is 2.36. The summed E-state index contributed by atoms with van der Waals surface area (Å²) < 4.78 is 0. The second-order valence-corrected chi connectivity index (χ2v) is 5.69. The topological polar surface area (TPSA) is 75.9 Å². The average molecular weight is 265 g/mol. The molecule has 0 fully saturated rings. The van der Waals surface area contributed by atoms with Gasteiger partial charge in [-0.3, -0.25) is 0 Å². The largest absolute Gasteiger partial charge is 0.370 e. The maximum atomic E-state index is 5.73. The van der Waals surface area contributed by atoms with Crippen molar-refractivity contribution in [2.75, 3.05) is 30.3 Å². The van der Waals surface area contributed by atoms with Crippen LogP contribution in [0.5, 0.6) is 0 Å². The highest BCUT2D eigenvalue weighted by molar-refractivity contribution is 5.47. The van der Waals surface area contributed by atoms with E-state index in [9.17, 15) is 0 Å². The molecular formula is C14H27N5. The number of aryl methyl sites for hydroxylation is 1. The third kappa shape index (κ3) is 5.87. The first kappa shape index (κ1) is 15.7. The van der Waals surface area contributed by atoms with Gasteiger partial charge in [0, 0.05) is 19.2 Å². The van der Waals surface area contributed by atoms with E-state index in [0.717, 1.165) is 37.0 Å². The monoisotopic (exact) mass is 265 g/mol. The molecule has 0 amide bonds. The van der Waals surface area contributed by atoms with Gasteiger partial charge < -0.3 is 16.4 Å². The van der Waals surface area contributed by atoms with E-state index < -0.39 is 0 Å². The summed E-state index contributed by atoms with van der Waals surface area (Å²) in [6.07, 6.45) is 2.32. The summed E-state index contributed by atoms with van der Waals surface area (Å²) in [6, 6.07) is 1.95. The lowest BCUT2D eigenvalue weighted by Gasteiger charge is -2.23. The molecule has 0 saturated heterocycles. The van der Waals surface area contributed by atoms with Crippen LogP contribution >= 0.6 is 0 Å². The Hall–Kier alpha value is -1.36. The lowest BCUT2D eigenvalue weighted by atomic mass is 9.94. The third-order valence-electron chi connectivity index (χ3n) is 2.98. The van der Waals surface area contributed by atoms with E-state index in [2.05, 4.69) is 41.4 Å². The fourth-order valence-electron chi connectivity index (χ4n) is 1.54. The number of rotatable bonds is 8. The predicted molar refractivity (Wildman–Crippen MR) is 81.5 cm³/mol. The zero-order chi connectivity index (χ0) is 14.3. The van der Waals surface area contributed by atoms with Crippen molar-refractivity contribution in [3.63, 3.8) is 0 Å². The van der Waals surface area contributed by atoms with Crippen LogP contribution in [0.1, 0.15) is 39.4 Å². The molecular weight excluding hydrogens is 238 g/mol. The molecule has 19 heavy (non-hydrogen) atoms. The van der Waals surface area contributed by atoms with Crippen LogP contribution in [0.15, 0.2) is 6.07 Å². The molecule has 0 spiro atoms. The Morgan fingerprint density at radius 1 is 1.21 bits per heavy atom. The molecule has 0 aromatic carbocycles. The number of unbranched alkanes of at least 4 members (excludes halogenated alkanes) is 1. The maximum absolute atomic E-state index is 5.73. The number of hydrogen-bond donors (Lipinski definition) is 3. The Morgan fingerprint density at radius 2 is 1.84 bits per heavy atom. The normalized spacial score (nSPS) is 11.4. The minimum absolute atomic E-state index is 0.0641. The summed E-state index contributed by atoms with van der Waals surface area (Å²) in [7, 11) is 0. The summed E-state index contributed by atoms with van der Waals surface area (Å²) in [5.41, 5.74) is 5.79. The fraction of sp³-hybridized carbons (Fsp3) is 0.714. The molecule has 0 radical (unpaired) electrons. The lowest BCUT2D eigenvalue weighted by molar-refractivity contribution is 0.405. The number of nitrogens with zero attached hydrogens (tertiary/aromatic N) is 2. The first-order chi connectivity index (χ1) is 8.96. The molecule has 0 aliphatic heterocycles. The summed E-state index contributed by atoms with van der Waals surface area (Å²) >= 11 is 0. The van der Waals surface area contributed by atoms with Crippen LogP contribution in [-0.2, 0) is 0 Å². The van der Waals surface area contributed by atoms with Gasteiger partial charge in [0.15, 0.2) is 0 Å². The van der Waals surface area contributed by atoms with Crippen molar-refractivity contribution in [1.29, 1.82) is 0 Å². The van der Waals surface area contributed by atoms with E-state index in [1.54, 1.807) is 0 Å². The molecule has 0 aliphatic rings. The van der Waals surface area contributed by atoms with Gasteiger partial charge in [-0.1, -0.05) is 27.2 Å². The molecule has 1 rings (SSSR count). The standard InChI is InChI=1S/C14H27N5/c1-5-6-7-16-12-8-13(19-11(2)18-12)17-10-14(3,4)9-15/h8H,5-7,9-10,15H2,1-4H3,(H2,16,17,18,19). The van der Waals surface area contributed by atoms with Gasteiger partial charge in [-0.25, -0.2) is 9.97 Å². The van der Waals surface area contributed by atoms with Crippen LogP contribution in [-0.4, -0.2) is 29.6 Å². The molecule has 5 heteroatoms. The van der Waals surface area contributed by atoms with Gasteiger partial charge in [0.1, 0.15) is 17.5 Å². The van der Waals surface area contributed by atoms with Crippen molar-refractivity contribution in [2.24, 2.45) is 11.1 Å². The molecule has 0 saturated carbocycles. The van der Waals surface area contributed by atoms with Gasteiger partial charge in [0.2, 0.25) is 0 Å². The predicted octanol–water partition coefficient (Wildman–Crippen LogP) is 2.39. The summed E-state index contributed by atoms with van der Waals surface area (Å²) in [4.78, 5) is 8.78. The van der Waals surface area contributed by atoms with E-state index in [4.69, 9.17) is 5.73 Å². The molecule has 0 unspecified atom stereocenters. The van der Waals surface area contributed by atoms with Crippen molar-refractivity contribution in [1.82, 2.24) is 9.97 Å². The van der Waals surface area contributed by atoms with Crippen LogP contribution in [0.2, 0.25) is 0 Å². The Morgan fingerprint density at radius 3 is 2.42 bits per heavy atom. The molecule has 1 aromatic heterocycles. The van der Waals surface area contributed by atoms with Crippen molar-refractivity contribution < 1.29 is 0 Å². The van der Waals surface area contributed by atoms with Crippen molar-refractivity contribution >= 4 is 11.6 Å². The number of anilines is 2. The SMILES string of the molecule is CCCCNc1cc(NCC(C)(C)CN)nc(C)n1. The van der Waals surface area contributed by atoms with E-state index in [1.165, 1.54) is 6.42 Å². The van der Waals surface area contributed by atoms with Gasteiger partial charge in [-0.15, -0.1) is 0 Å². The summed E-state index contributed by atoms with van der Waals surface area (Å²) in [5.74, 6) is 2.51. The van der Waals surface area contributed by atoms with Gasteiger partial charge >= 0.3 is 0 Å². The quantitative estimate of drug-likeness (QED) is 0.629. The van der Waals surface area contributed by atoms with Gasteiger partial charge in [0.05, 0.1) is 0 Å². The molecule has 0 bridgehead atoms. The molecule has 108 valence electrons. The van der Waals surface area contributed by atoms with Gasteiger partial charge in [-0.2, -0.15) is 0 Å². The Bertz CT molecular complexity index is 389. The third-order valence-corrected chi connectivity index (χ3v) is 2.98. The van der Waals surface area contributed by atoms with Crippen LogP contribution in [0.25, 0.3) is 0 Å². The first-order valence-corrected chi connectivity index (χ1v) is 7.00. The van der Waals surface area contributed by atoms with Crippen LogP contribution < -0.4 is 16.4 Å². The van der Waals surface area contributed by atoms with Crippen molar-refractivity contribution in [3.8, 4) is 0 Å². The highest BCUT2D eigenvalue weighted by Crippen LogP contribution is 2.16. The van der Waals surface area contributed by atoms with E-state index in [1.807, 2.05) is 13.0 Å². The van der Waals surface area contributed by atoms with E-state index >= 15 is 0 Å². The number of nitrogens with two attached hydrogens (primary N) is 1. The minimum atomic E-state index is 0.0641. The van der Waals surface area contributed by atoms with Gasteiger partial charge in [0.25, 0.3) is 0 Å². The maximum Gasteiger partial charge on any atom is 0.131 e. The number of hydrogen-bond acceptors (Lipinski definition) is 5. The second-order valence-electron chi connectivity index (χ2n) is 5.69. The van der Waals surface area contributed by atoms with E-state index in [-0.39, 0.29) is 5.41 Å². The molecule has 1 heterocycles. The van der Waals surface area contributed by atoms with Crippen molar-refractivity contribution in [2.45, 2.75) is 40.5 Å². The smallest absolute Gasteiger partial charge is 0.131 e. The molecule has 4 N–H and O–H groups in total. The number of nitrogens with one attached hydrogen (secondary N) is 2. The van der Waals surface area contributed by atoms with Gasteiger partial charge in [-0.05, 0) is 25.3 Å². The minimum Gasteiger partial charge on any atom is -0.370 e. The molecule has 1 aromatic rings. The molecule has 0 aliphatic carbocycles. The number of aromatic nitrogens is 2. The Kier molecular flexibility index (Phi) is 6.02. The zero-order valence-corrected chi connectivity index (χ0v) is 12.6. The zero-order valence-electron chi connectivity index (χ0n) is 12.6. The van der Waals surface area contributed by atoms with E-state index in [0.29, 0.717) is 6.54 Å². The first-order valence-electron chi connectivity index (χ1n) is 7.00. The second kappa shape index (κ2) is 7.28. The van der Waals surface area contributed by atoms with Crippen LogP contribution in [0.4, 0.5) is 11.6 Å². The summed E-state index contributed by atoms with van der Waals surface area (Å²) in [5, 5.41) is 6.66. The molecule has 5 nitrogen and oxygen atoms in total. The van der Waals surface area contributed by atoms with Crippen molar-refractivity contribution in [3.05, 3.63) is 11.9 Å². The summed E-state index contributed by atoms with van der Waals surface area (Å²) in [6.45, 7) is 10.7.